The molecule has 0 saturated carbocycles. The number of hydrogen-bond acceptors (Lipinski definition) is 4. The van der Waals surface area contributed by atoms with Crippen LogP contribution in [0.5, 0.6) is 0 Å². The molecule has 0 amide bonds. The Labute approximate surface area is 191 Å². The number of anilines is 3. The van der Waals surface area contributed by atoms with Gasteiger partial charge < -0.3 is 10.2 Å². The van der Waals surface area contributed by atoms with E-state index in [4.69, 9.17) is 4.98 Å². The van der Waals surface area contributed by atoms with E-state index in [2.05, 4.69) is 75.1 Å². The van der Waals surface area contributed by atoms with E-state index in [-0.39, 0.29) is 11.0 Å². The largest absolute Gasteiger partial charge is 0.372 e. The predicted molar refractivity (Wildman–Crippen MR) is 137 cm³/mol. The highest BCUT2D eigenvalue weighted by atomic mass is 16.1. The first-order chi connectivity index (χ1) is 15.0. The third-order valence-electron chi connectivity index (χ3n) is 5.78. The van der Waals surface area contributed by atoms with Crippen LogP contribution in [0, 0.1) is 13.8 Å². The SMILES string of the molecule is CCN(CC)c1ccc(Nc2c(C=C(C)C)[nH]n3c(=O)c(C)c(C(C)(C)C)nc23)c(C)c1. The molecule has 3 aromatic rings. The molecule has 0 aliphatic carbocycles. The van der Waals surface area contributed by atoms with Crippen LogP contribution in [0.25, 0.3) is 11.7 Å². The van der Waals surface area contributed by atoms with Crippen LogP contribution in [0.1, 0.15) is 71.0 Å². The van der Waals surface area contributed by atoms with Gasteiger partial charge in [-0.05, 0) is 71.4 Å². The molecule has 0 aliphatic rings. The molecule has 0 bridgehead atoms. The molecule has 0 saturated heterocycles. The van der Waals surface area contributed by atoms with E-state index in [1.165, 1.54) is 5.69 Å². The number of H-pyrrole nitrogens is 1. The first kappa shape index (κ1) is 23.6. The van der Waals surface area contributed by atoms with E-state index in [0.717, 1.165) is 47.0 Å². The van der Waals surface area contributed by atoms with Crippen LogP contribution in [-0.2, 0) is 5.41 Å². The first-order valence-electron chi connectivity index (χ1n) is 11.4. The van der Waals surface area contributed by atoms with E-state index in [1.54, 1.807) is 4.52 Å². The van der Waals surface area contributed by atoms with Gasteiger partial charge in [0.05, 0.1) is 11.4 Å². The monoisotopic (exact) mass is 435 g/mol. The van der Waals surface area contributed by atoms with Crippen molar-refractivity contribution in [1.29, 1.82) is 0 Å². The van der Waals surface area contributed by atoms with Crippen molar-refractivity contribution in [2.45, 2.75) is 67.7 Å². The lowest BCUT2D eigenvalue weighted by atomic mass is 9.89. The fourth-order valence-corrected chi connectivity index (χ4v) is 4.13. The summed E-state index contributed by atoms with van der Waals surface area (Å²) in [6.45, 7) is 20.6. The molecule has 2 heterocycles. The van der Waals surface area contributed by atoms with E-state index >= 15 is 0 Å². The van der Waals surface area contributed by atoms with Crippen molar-refractivity contribution < 1.29 is 0 Å². The number of hydrogen-bond donors (Lipinski definition) is 2. The predicted octanol–water partition coefficient (Wildman–Crippen LogP) is 5.95. The van der Waals surface area contributed by atoms with Gasteiger partial charge in [-0.1, -0.05) is 26.3 Å². The number of benzene rings is 1. The fraction of sp³-hybridized carbons (Fsp3) is 0.462. The number of allylic oxidation sites excluding steroid dienone is 1. The fourth-order valence-electron chi connectivity index (χ4n) is 4.13. The van der Waals surface area contributed by atoms with Crippen molar-refractivity contribution in [3.63, 3.8) is 0 Å². The van der Waals surface area contributed by atoms with Crippen LogP contribution in [0.3, 0.4) is 0 Å². The molecule has 0 unspecified atom stereocenters. The second-order valence-electron chi connectivity index (χ2n) is 9.72. The summed E-state index contributed by atoms with van der Waals surface area (Å²) in [4.78, 5) is 20.5. The van der Waals surface area contributed by atoms with Crippen LogP contribution >= 0.6 is 0 Å². The number of aryl methyl sites for hydroxylation is 1. The van der Waals surface area contributed by atoms with E-state index in [1.807, 2.05) is 26.8 Å². The number of nitrogens with one attached hydrogen (secondary N) is 2. The van der Waals surface area contributed by atoms with Crippen molar-refractivity contribution in [2.24, 2.45) is 0 Å². The molecule has 1 aromatic carbocycles. The van der Waals surface area contributed by atoms with Gasteiger partial charge in [0.25, 0.3) is 5.56 Å². The van der Waals surface area contributed by atoms with Gasteiger partial charge in [0.1, 0.15) is 5.69 Å². The summed E-state index contributed by atoms with van der Waals surface area (Å²) in [5.74, 6) is 0. The number of fused-ring (bicyclic) bond motifs is 1. The summed E-state index contributed by atoms with van der Waals surface area (Å²) in [7, 11) is 0. The summed E-state index contributed by atoms with van der Waals surface area (Å²) in [6.07, 6.45) is 2.04. The lowest BCUT2D eigenvalue weighted by Crippen LogP contribution is -2.26. The summed E-state index contributed by atoms with van der Waals surface area (Å²) in [5.41, 5.74) is 7.95. The molecule has 2 aromatic heterocycles. The molecule has 172 valence electrons. The van der Waals surface area contributed by atoms with Gasteiger partial charge in [-0.3, -0.25) is 9.89 Å². The Morgan fingerprint density at radius 3 is 2.38 bits per heavy atom. The maximum atomic E-state index is 13.2. The molecular weight excluding hydrogens is 398 g/mol. The minimum absolute atomic E-state index is 0.0648. The normalized spacial score (nSPS) is 11.7. The molecule has 3 rings (SSSR count). The van der Waals surface area contributed by atoms with Gasteiger partial charge in [-0.15, -0.1) is 0 Å². The summed E-state index contributed by atoms with van der Waals surface area (Å²) in [5, 5.41) is 6.85. The highest BCUT2D eigenvalue weighted by molar-refractivity contribution is 5.83. The summed E-state index contributed by atoms with van der Waals surface area (Å²) in [6, 6.07) is 6.45. The lowest BCUT2D eigenvalue weighted by molar-refractivity contribution is 0.561. The molecule has 0 radical (unpaired) electrons. The highest BCUT2D eigenvalue weighted by Crippen LogP contribution is 2.31. The summed E-state index contributed by atoms with van der Waals surface area (Å²) >= 11 is 0. The average Bonchev–Trinajstić information content (AvgIpc) is 3.03. The smallest absolute Gasteiger partial charge is 0.275 e. The minimum atomic E-state index is -0.232. The Balaban J connectivity index is 2.22. The Morgan fingerprint density at radius 2 is 1.84 bits per heavy atom. The van der Waals surface area contributed by atoms with Gasteiger partial charge in [-0.25, -0.2) is 4.98 Å². The van der Waals surface area contributed by atoms with E-state index < -0.39 is 0 Å². The van der Waals surface area contributed by atoms with Gasteiger partial charge in [-0.2, -0.15) is 4.52 Å². The molecule has 2 N–H and O–H groups in total. The zero-order valence-corrected chi connectivity index (χ0v) is 21.0. The second-order valence-corrected chi connectivity index (χ2v) is 9.72. The first-order valence-corrected chi connectivity index (χ1v) is 11.4. The molecular formula is C26H37N5O. The van der Waals surface area contributed by atoms with Gasteiger partial charge in [0.2, 0.25) is 0 Å². The average molecular weight is 436 g/mol. The Kier molecular flexibility index (Phi) is 6.54. The molecule has 32 heavy (non-hydrogen) atoms. The van der Waals surface area contributed by atoms with Crippen LogP contribution < -0.4 is 15.8 Å². The van der Waals surface area contributed by atoms with E-state index in [0.29, 0.717) is 11.2 Å². The number of nitrogens with zero attached hydrogens (tertiary/aromatic N) is 3. The summed E-state index contributed by atoms with van der Waals surface area (Å²) < 4.78 is 1.56. The quantitative estimate of drug-likeness (QED) is 0.502. The van der Waals surface area contributed by atoms with Gasteiger partial charge >= 0.3 is 0 Å². The van der Waals surface area contributed by atoms with Crippen LogP contribution in [0.2, 0.25) is 0 Å². The Hall–Kier alpha value is -3.02. The second kappa shape index (κ2) is 8.85. The number of rotatable bonds is 6. The number of aromatic nitrogens is 3. The zero-order chi connectivity index (χ0) is 23.8. The Morgan fingerprint density at radius 1 is 1.19 bits per heavy atom. The van der Waals surface area contributed by atoms with Crippen LogP contribution in [0.15, 0.2) is 28.6 Å². The molecule has 0 aliphatic heterocycles. The van der Waals surface area contributed by atoms with Crippen LogP contribution in [-0.4, -0.2) is 27.7 Å². The Bertz CT molecular complexity index is 1220. The van der Waals surface area contributed by atoms with Crippen molar-refractivity contribution in [1.82, 2.24) is 14.6 Å². The maximum absolute atomic E-state index is 13.2. The van der Waals surface area contributed by atoms with E-state index in [9.17, 15) is 4.79 Å². The van der Waals surface area contributed by atoms with Crippen molar-refractivity contribution in [3.05, 3.63) is 56.6 Å². The molecule has 0 spiro atoms. The van der Waals surface area contributed by atoms with Gasteiger partial charge in [0.15, 0.2) is 5.65 Å². The molecule has 0 atom stereocenters. The highest BCUT2D eigenvalue weighted by Gasteiger charge is 2.24. The van der Waals surface area contributed by atoms with Crippen molar-refractivity contribution >= 4 is 28.8 Å². The van der Waals surface area contributed by atoms with Crippen molar-refractivity contribution in [2.75, 3.05) is 23.3 Å². The molecule has 6 nitrogen and oxygen atoms in total. The van der Waals surface area contributed by atoms with Crippen molar-refractivity contribution in [3.8, 4) is 0 Å². The maximum Gasteiger partial charge on any atom is 0.275 e. The minimum Gasteiger partial charge on any atom is -0.372 e. The van der Waals surface area contributed by atoms with Crippen LogP contribution in [0.4, 0.5) is 17.1 Å². The molecule has 6 heteroatoms. The third kappa shape index (κ3) is 4.45. The standard InChI is InChI=1S/C26H37N5O/c1-10-30(11-2)19-12-13-20(17(5)15-19)27-22-21(14-16(3)4)29-31-24(22)28-23(26(7,8)9)18(6)25(31)32/h12-15,27,29H,10-11H2,1-9H3. The number of aromatic amines is 1. The topological polar surface area (TPSA) is 65.4 Å². The molecule has 0 fully saturated rings. The lowest BCUT2D eigenvalue weighted by Gasteiger charge is -2.22. The van der Waals surface area contributed by atoms with Gasteiger partial charge in [0, 0.05) is 35.4 Å². The third-order valence-corrected chi connectivity index (χ3v) is 5.78. The zero-order valence-electron chi connectivity index (χ0n) is 21.0.